The van der Waals surface area contributed by atoms with Crippen molar-refractivity contribution in [2.24, 2.45) is 5.16 Å². The molecule has 1 amide bonds. The highest BCUT2D eigenvalue weighted by Crippen LogP contribution is 2.35. The third kappa shape index (κ3) is 5.03. The van der Waals surface area contributed by atoms with Gasteiger partial charge in [0.25, 0.3) is 5.91 Å². The van der Waals surface area contributed by atoms with Gasteiger partial charge < -0.3 is 29.1 Å². The van der Waals surface area contributed by atoms with Gasteiger partial charge >= 0.3 is 0 Å². The van der Waals surface area contributed by atoms with Crippen LogP contribution in [0.15, 0.2) is 35.5 Å². The molecule has 1 aliphatic rings. The summed E-state index contributed by atoms with van der Waals surface area (Å²) in [6, 6.07) is 8.52. The summed E-state index contributed by atoms with van der Waals surface area (Å²) in [6.45, 7) is 2.57. The Kier molecular flexibility index (Phi) is 6.66. The van der Waals surface area contributed by atoms with E-state index in [1.807, 2.05) is 0 Å². The molecule has 0 radical (unpaired) electrons. The maximum Gasteiger partial charge on any atom is 0.267 e. The molecule has 154 valence electrons. The number of rotatable bonds is 7. The van der Waals surface area contributed by atoms with Crippen LogP contribution in [0.5, 0.6) is 23.0 Å². The molecule has 3 rings (SSSR count). The number of hydrogen-bond acceptors (Lipinski definition) is 7. The van der Waals surface area contributed by atoms with Crippen LogP contribution < -0.4 is 24.3 Å². The zero-order valence-corrected chi connectivity index (χ0v) is 17.0. The van der Waals surface area contributed by atoms with Gasteiger partial charge in [-0.1, -0.05) is 16.8 Å². The number of carbonyl (C=O) groups is 1. The van der Waals surface area contributed by atoms with Crippen LogP contribution in [0.4, 0.5) is 5.69 Å². The number of benzene rings is 2. The number of methoxy groups -OCH3 is 2. The minimum atomic E-state index is -0.824. The van der Waals surface area contributed by atoms with Crippen LogP contribution in [0.3, 0.4) is 0 Å². The summed E-state index contributed by atoms with van der Waals surface area (Å²) in [5.41, 5.74) is 1.21. The molecule has 0 spiro atoms. The normalized spacial score (nSPS) is 13.7. The van der Waals surface area contributed by atoms with Crippen molar-refractivity contribution in [1.29, 1.82) is 0 Å². The maximum absolute atomic E-state index is 12.3. The van der Waals surface area contributed by atoms with Crippen LogP contribution in [0.25, 0.3) is 0 Å². The van der Waals surface area contributed by atoms with Crippen LogP contribution in [-0.2, 0) is 9.63 Å². The number of anilines is 1. The van der Waals surface area contributed by atoms with E-state index in [2.05, 4.69) is 10.5 Å². The van der Waals surface area contributed by atoms with Gasteiger partial charge in [-0.05, 0) is 31.2 Å². The van der Waals surface area contributed by atoms with Crippen molar-refractivity contribution in [2.75, 3.05) is 32.8 Å². The third-order valence-corrected chi connectivity index (χ3v) is 4.34. The second kappa shape index (κ2) is 9.38. The van der Waals surface area contributed by atoms with Crippen LogP contribution in [-0.4, -0.2) is 45.7 Å². The zero-order chi connectivity index (χ0) is 20.8. The molecule has 1 heterocycles. The Bertz CT molecular complexity index is 918. The number of ether oxygens (including phenoxy) is 4. The summed E-state index contributed by atoms with van der Waals surface area (Å²) in [7, 11) is 3.01. The van der Waals surface area contributed by atoms with E-state index in [-0.39, 0.29) is 5.91 Å². The lowest BCUT2D eigenvalue weighted by atomic mass is 10.2. The molecule has 0 unspecified atom stereocenters. The summed E-state index contributed by atoms with van der Waals surface area (Å²) < 4.78 is 21.4. The fourth-order valence-corrected chi connectivity index (χ4v) is 2.90. The van der Waals surface area contributed by atoms with E-state index in [4.69, 9.17) is 35.4 Å². The number of carbonyl (C=O) groups excluding carboxylic acids is 1. The van der Waals surface area contributed by atoms with E-state index in [0.29, 0.717) is 52.5 Å². The van der Waals surface area contributed by atoms with Crippen LogP contribution in [0, 0.1) is 0 Å². The molecule has 2 aromatic rings. The lowest BCUT2D eigenvalue weighted by Crippen LogP contribution is -2.26. The van der Waals surface area contributed by atoms with Crippen LogP contribution in [0.2, 0.25) is 5.02 Å². The predicted octanol–water partition coefficient (Wildman–Crippen LogP) is 3.51. The van der Waals surface area contributed by atoms with Crippen LogP contribution >= 0.6 is 11.6 Å². The Balaban J connectivity index is 1.59. The molecule has 1 atom stereocenters. The molecule has 1 N–H and O–H groups in total. The minimum Gasteiger partial charge on any atom is -0.493 e. The summed E-state index contributed by atoms with van der Waals surface area (Å²) in [6.07, 6.45) is 0.608. The third-order valence-electron chi connectivity index (χ3n) is 4.06. The quantitative estimate of drug-likeness (QED) is 0.544. The maximum atomic E-state index is 12.3. The molecular formula is C20H21ClN2O6. The molecule has 0 fully saturated rings. The number of amides is 1. The molecular weight excluding hydrogens is 400 g/mol. The van der Waals surface area contributed by atoms with Crippen molar-refractivity contribution < 1.29 is 28.6 Å². The Labute approximate surface area is 173 Å². The van der Waals surface area contributed by atoms with Gasteiger partial charge in [0.2, 0.25) is 6.10 Å². The van der Waals surface area contributed by atoms with Gasteiger partial charge in [-0.15, -0.1) is 0 Å². The van der Waals surface area contributed by atoms with E-state index in [9.17, 15) is 4.79 Å². The Morgan fingerprint density at radius 1 is 1.17 bits per heavy atom. The predicted molar refractivity (Wildman–Crippen MR) is 109 cm³/mol. The molecule has 8 nitrogen and oxygen atoms in total. The highest BCUT2D eigenvalue weighted by atomic mass is 35.5. The molecule has 1 aliphatic heterocycles. The van der Waals surface area contributed by atoms with Crippen molar-refractivity contribution in [3.05, 3.63) is 40.9 Å². The first kappa shape index (κ1) is 20.6. The second-order valence-electron chi connectivity index (χ2n) is 6.07. The Morgan fingerprint density at radius 3 is 2.66 bits per heavy atom. The number of oxime groups is 1. The van der Waals surface area contributed by atoms with Gasteiger partial charge in [-0.25, -0.2) is 0 Å². The fourth-order valence-electron chi connectivity index (χ4n) is 2.61. The first-order valence-corrected chi connectivity index (χ1v) is 9.21. The van der Waals surface area contributed by atoms with E-state index < -0.39 is 6.10 Å². The van der Waals surface area contributed by atoms with E-state index in [0.717, 1.165) is 0 Å². The lowest BCUT2D eigenvalue weighted by molar-refractivity contribution is -0.126. The number of nitrogens with one attached hydrogen (secondary N) is 1. The first-order valence-electron chi connectivity index (χ1n) is 8.83. The van der Waals surface area contributed by atoms with Crippen molar-refractivity contribution in [1.82, 2.24) is 0 Å². The number of halogens is 1. The van der Waals surface area contributed by atoms with Gasteiger partial charge in [-0.2, -0.15) is 0 Å². The number of fused-ring (bicyclic) bond motifs is 1. The van der Waals surface area contributed by atoms with Crippen LogP contribution in [0.1, 0.15) is 12.5 Å². The van der Waals surface area contributed by atoms with Gasteiger partial charge in [0.15, 0.2) is 23.0 Å². The van der Waals surface area contributed by atoms with Gasteiger partial charge in [-0.3, -0.25) is 4.79 Å². The van der Waals surface area contributed by atoms with Gasteiger partial charge in [0, 0.05) is 17.3 Å². The standard InChI is InChI=1S/C20H21ClN2O6/c1-12(20(24)23-14-4-5-16-17(10-14)28-7-6-27-16)29-22-11-13-8-15(21)19(26-3)18(9-13)25-2/h4-5,8-12H,6-7H2,1-3H3,(H,23,24)/b22-11-/t12-/m1/s1. The average molecular weight is 421 g/mol. The van der Waals surface area contributed by atoms with Gasteiger partial charge in [0.05, 0.1) is 25.5 Å². The Morgan fingerprint density at radius 2 is 1.93 bits per heavy atom. The monoisotopic (exact) mass is 420 g/mol. The summed E-state index contributed by atoms with van der Waals surface area (Å²) in [5, 5.41) is 6.99. The molecule has 0 aromatic heterocycles. The molecule has 0 bridgehead atoms. The fraction of sp³-hybridized carbons (Fsp3) is 0.300. The van der Waals surface area contributed by atoms with Crippen molar-refractivity contribution in [2.45, 2.75) is 13.0 Å². The topological polar surface area (TPSA) is 87.6 Å². The summed E-state index contributed by atoms with van der Waals surface area (Å²) in [4.78, 5) is 17.6. The summed E-state index contributed by atoms with van der Waals surface area (Å²) >= 11 is 6.16. The molecule has 29 heavy (non-hydrogen) atoms. The lowest BCUT2D eigenvalue weighted by Gasteiger charge is -2.19. The molecule has 0 saturated heterocycles. The smallest absolute Gasteiger partial charge is 0.267 e. The molecule has 0 saturated carbocycles. The SMILES string of the molecule is COc1cc(/C=N\O[C@H](C)C(=O)Nc2ccc3c(c2)OCCO3)cc(Cl)c1OC. The Hall–Kier alpha value is -3.13. The highest BCUT2D eigenvalue weighted by molar-refractivity contribution is 6.32. The first-order chi connectivity index (χ1) is 14.0. The highest BCUT2D eigenvalue weighted by Gasteiger charge is 2.17. The average Bonchev–Trinajstić information content (AvgIpc) is 2.73. The number of hydrogen-bond donors (Lipinski definition) is 1. The van der Waals surface area contributed by atoms with Gasteiger partial charge in [0.1, 0.15) is 13.2 Å². The summed E-state index contributed by atoms with van der Waals surface area (Å²) in [5.74, 6) is 1.78. The molecule has 0 aliphatic carbocycles. The van der Waals surface area contributed by atoms with E-state index >= 15 is 0 Å². The zero-order valence-electron chi connectivity index (χ0n) is 16.2. The number of nitrogens with zero attached hydrogens (tertiary/aromatic N) is 1. The van der Waals surface area contributed by atoms with Crippen molar-refractivity contribution >= 4 is 29.4 Å². The largest absolute Gasteiger partial charge is 0.493 e. The van der Waals surface area contributed by atoms with E-state index in [1.165, 1.54) is 20.4 Å². The minimum absolute atomic E-state index is 0.357. The van der Waals surface area contributed by atoms with Crippen molar-refractivity contribution in [3.8, 4) is 23.0 Å². The molecule has 2 aromatic carbocycles. The van der Waals surface area contributed by atoms with E-state index in [1.54, 1.807) is 37.3 Å². The molecule has 9 heteroatoms. The van der Waals surface area contributed by atoms with Crippen molar-refractivity contribution in [3.63, 3.8) is 0 Å². The second-order valence-corrected chi connectivity index (χ2v) is 6.48.